The molecular formula is C24H39NO4SSi. The van der Waals surface area contributed by atoms with E-state index in [2.05, 4.69) is 46.4 Å². The first-order chi connectivity index (χ1) is 14.5. The van der Waals surface area contributed by atoms with Gasteiger partial charge in [0.15, 0.2) is 15.6 Å². The second kappa shape index (κ2) is 9.46. The van der Waals surface area contributed by atoms with Crippen LogP contribution in [0.1, 0.15) is 60.8 Å². The van der Waals surface area contributed by atoms with Gasteiger partial charge < -0.3 is 4.43 Å². The number of nitrogens with zero attached hydrogens (tertiary/aromatic N) is 1. The van der Waals surface area contributed by atoms with Crippen molar-refractivity contribution >= 4 is 23.9 Å². The quantitative estimate of drug-likeness (QED) is 0.540. The number of Topliss-reactive ketones (excluding diaryl/α,β-unsaturated/α-hetero) is 1. The summed E-state index contributed by atoms with van der Waals surface area (Å²) in [6.45, 7) is 14.9. The van der Waals surface area contributed by atoms with E-state index >= 15 is 0 Å². The van der Waals surface area contributed by atoms with Gasteiger partial charge in [0.25, 0.3) is 0 Å². The normalized spacial score (nSPS) is 26.0. The molecule has 1 aromatic rings. The maximum Gasteiger partial charge on any atom is 0.200 e. The van der Waals surface area contributed by atoms with Crippen LogP contribution in [0.2, 0.25) is 16.6 Å². The lowest BCUT2D eigenvalue weighted by molar-refractivity contribution is -0.125. The number of hydrogen-bond donors (Lipinski definition) is 0. The number of hydrogen-bond acceptors (Lipinski definition) is 5. The smallest absolute Gasteiger partial charge is 0.200 e. The Bertz CT molecular complexity index is 847. The molecule has 7 heteroatoms. The number of piperidine rings is 2. The summed E-state index contributed by atoms with van der Waals surface area (Å²) in [5.41, 5.74) is 1.23. The van der Waals surface area contributed by atoms with Crippen LogP contribution in [0.3, 0.4) is 0 Å². The molecule has 2 heterocycles. The SMILES string of the molecule is CC(C)[Si](O[C@@H]1CCCN2CCC(=O)[C@@H](S(=O)(=O)c3ccccc3)[C@@H]12)(C(C)C)C(C)C. The van der Waals surface area contributed by atoms with Crippen LogP contribution in [0.25, 0.3) is 0 Å². The fourth-order valence-corrected chi connectivity index (χ4v) is 13.8. The highest BCUT2D eigenvalue weighted by Crippen LogP contribution is 2.45. The lowest BCUT2D eigenvalue weighted by Crippen LogP contribution is -2.65. The van der Waals surface area contributed by atoms with Crippen LogP contribution in [-0.2, 0) is 19.1 Å². The maximum absolute atomic E-state index is 13.7. The van der Waals surface area contributed by atoms with E-state index < -0.39 is 29.4 Å². The van der Waals surface area contributed by atoms with Crippen LogP contribution in [0, 0.1) is 0 Å². The topological polar surface area (TPSA) is 63.7 Å². The summed E-state index contributed by atoms with van der Waals surface area (Å²) < 4.78 is 34.5. The van der Waals surface area contributed by atoms with Crippen molar-refractivity contribution in [3.8, 4) is 0 Å². The predicted molar refractivity (Wildman–Crippen MR) is 128 cm³/mol. The van der Waals surface area contributed by atoms with Gasteiger partial charge in [-0.3, -0.25) is 9.69 Å². The van der Waals surface area contributed by atoms with Gasteiger partial charge >= 0.3 is 0 Å². The minimum Gasteiger partial charge on any atom is -0.411 e. The highest BCUT2D eigenvalue weighted by atomic mass is 32.2. The molecule has 2 aliphatic rings. The number of rotatable bonds is 7. The van der Waals surface area contributed by atoms with Crippen molar-refractivity contribution in [1.82, 2.24) is 4.90 Å². The van der Waals surface area contributed by atoms with Crippen LogP contribution in [0.5, 0.6) is 0 Å². The summed E-state index contributed by atoms with van der Waals surface area (Å²) in [5.74, 6) is -0.161. The summed E-state index contributed by atoms with van der Waals surface area (Å²) in [5, 5.41) is -1.05. The molecule has 2 saturated heterocycles. The number of ketones is 1. The van der Waals surface area contributed by atoms with Gasteiger partial charge in [-0.2, -0.15) is 0 Å². The van der Waals surface area contributed by atoms with E-state index in [-0.39, 0.29) is 16.8 Å². The third-order valence-corrected chi connectivity index (χ3v) is 15.7. The molecule has 3 rings (SSSR count). The Kier molecular flexibility index (Phi) is 7.51. The third-order valence-electron chi connectivity index (χ3n) is 7.48. The summed E-state index contributed by atoms with van der Waals surface area (Å²) in [4.78, 5) is 15.6. The predicted octanol–water partition coefficient (Wildman–Crippen LogP) is 4.83. The van der Waals surface area contributed by atoms with Gasteiger partial charge in [0, 0.05) is 13.0 Å². The Labute approximate surface area is 189 Å². The summed E-state index contributed by atoms with van der Waals surface area (Å²) in [6.07, 6.45) is 1.86. The second-order valence-corrected chi connectivity index (χ2v) is 17.6. The number of carbonyl (C=O) groups is 1. The van der Waals surface area contributed by atoms with E-state index in [1.807, 2.05) is 0 Å². The van der Waals surface area contributed by atoms with Crippen molar-refractivity contribution in [3.63, 3.8) is 0 Å². The minimum atomic E-state index is -3.79. The standard InChI is InChI=1S/C24H39NO4SSi/c1-17(2)31(18(3)4,19(5)6)29-22-13-10-15-25-16-14-21(26)24(23(22)25)30(27,28)20-11-8-7-9-12-20/h7-9,11-12,17-19,22-24H,10,13-16H2,1-6H3/t22-,23-,24-/m1/s1. The van der Waals surface area contributed by atoms with Crippen molar-refractivity contribution in [1.29, 1.82) is 0 Å². The molecule has 2 fully saturated rings. The summed E-state index contributed by atoms with van der Waals surface area (Å²) >= 11 is 0. The maximum atomic E-state index is 13.7. The van der Waals surface area contributed by atoms with Crippen molar-refractivity contribution in [2.24, 2.45) is 0 Å². The molecule has 3 atom stereocenters. The number of fused-ring (bicyclic) bond motifs is 1. The third kappa shape index (κ3) is 4.43. The molecule has 0 bridgehead atoms. The summed E-state index contributed by atoms with van der Waals surface area (Å²) in [6, 6.07) is 8.06. The monoisotopic (exact) mass is 465 g/mol. The van der Waals surface area contributed by atoms with Crippen LogP contribution in [0.4, 0.5) is 0 Å². The van der Waals surface area contributed by atoms with Crippen LogP contribution in [0.15, 0.2) is 35.2 Å². The van der Waals surface area contributed by atoms with E-state index in [1.54, 1.807) is 30.3 Å². The van der Waals surface area contributed by atoms with Crippen molar-refractivity contribution in [2.75, 3.05) is 13.1 Å². The molecule has 174 valence electrons. The Hall–Kier alpha value is -1.02. The van der Waals surface area contributed by atoms with Crippen molar-refractivity contribution < 1.29 is 17.6 Å². The van der Waals surface area contributed by atoms with Crippen LogP contribution >= 0.6 is 0 Å². The first-order valence-corrected chi connectivity index (χ1v) is 15.5. The van der Waals surface area contributed by atoms with Gasteiger partial charge in [0.2, 0.25) is 8.32 Å². The average molecular weight is 466 g/mol. The molecule has 0 amide bonds. The molecule has 31 heavy (non-hydrogen) atoms. The zero-order valence-electron chi connectivity index (χ0n) is 19.9. The molecule has 1 aromatic carbocycles. The average Bonchev–Trinajstić information content (AvgIpc) is 2.71. The zero-order chi connectivity index (χ0) is 23.0. The van der Waals surface area contributed by atoms with Crippen LogP contribution in [-0.4, -0.2) is 57.9 Å². The highest BCUT2D eigenvalue weighted by molar-refractivity contribution is 7.93. The van der Waals surface area contributed by atoms with E-state index in [4.69, 9.17) is 4.43 Å². The lowest BCUT2D eigenvalue weighted by atomic mass is 9.89. The molecule has 0 aliphatic carbocycles. The molecule has 0 N–H and O–H groups in total. The van der Waals surface area contributed by atoms with Gasteiger partial charge in [0.05, 0.1) is 17.0 Å². The Morgan fingerprint density at radius 1 is 0.968 bits per heavy atom. The molecule has 0 radical (unpaired) electrons. The van der Waals surface area contributed by atoms with Crippen LogP contribution < -0.4 is 0 Å². The van der Waals surface area contributed by atoms with Gasteiger partial charge in [-0.1, -0.05) is 59.7 Å². The van der Waals surface area contributed by atoms with E-state index in [0.29, 0.717) is 29.6 Å². The molecule has 0 spiro atoms. The Morgan fingerprint density at radius 2 is 1.55 bits per heavy atom. The first-order valence-electron chi connectivity index (χ1n) is 11.8. The molecule has 2 aliphatic heterocycles. The van der Waals surface area contributed by atoms with Crippen molar-refractivity contribution in [3.05, 3.63) is 30.3 Å². The van der Waals surface area contributed by atoms with Crippen molar-refractivity contribution in [2.45, 2.75) is 99.7 Å². The zero-order valence-corrected chi connectivity index (χ0v) is 21.7. The lowest BCUT2D eigenvalue weighted by Gasteiger charge is -2.52. The number of carbonyl (C=O) groups excluding carboxylic acids is 1. The van der Waals surface area contributed by atoms with Gasteiger partial charge in [-0.25, -0.2) is 8.42 Å². The summed E-state index contributed by atoms with van der Waals surface area (Å²) in [7, 11) is -6.00. The molecule has 0 saturated carbocycles. The van der Waals surface area contributed by atoms with E-state index in [0.717, 1.165) is 19.4 Å². The largest absolute Gasteiger partial charge is 0.411 e. The molecule has 0 aromatic heterocycles. The number of benzene rings is 1. The second-order valence-electron chi connectivity index (χ2n) is 10.1. The Morgan fingerprint density at radius 3 is 2.10 bits per heavy atom. The minimum absolute atomic E-state index is 0.161. The number of sulfone groups is 1. The fraction of sp³-hybridized carbons (Fsp3) is 0.708. The highest BCUT2D eigenvalue weighted by Gasteiger charge is 2.54. The Balaban J connectivity index is 2.05. The van der Waals surface area contributed by atoms with E-state index in [9.17, 15) is 13.2 Å². The molecular weight excluding hydrogens is 426 g/mol. The van der Waals surface area contributed by atoms with Gasteiger partial charge in [0.1, 0.15) is 5.25 Å². The first kappa shape index (κ1) is 24.6. The van der Waals surface area contributed by atoms with Gasteiger partial charge in [-0.15, -0.1) is 0 Å². The molecule has 0 unspecified atom stereocenters. The van der Waals surface area contributed by atoms with Gasteiger partial charge in [-0.05, 0) is 48.1 Å². The van der Waals surface area contributed by atoms with E-state index in [1.165, 1.54) is 0 Å². The molecule has 5 nitrogen and oxygen atoms in total. The fourth-order valence-electron chi connectivity index (χ4n) is 6.20.